The maximum Gasteiger partial charge on any atom is 0.372 e. The molecule has 0 rings (SSSR count). The molecule has 0 fully saturated rings. The number of carbonyl (C=O) groups is 8. The Morgan fingerprint density at radius 3 is 1.10 bits per heavy atom. The summed E-state index contributed by atoms with van der Waals surface area (Å²) in [6.45, 7) is 0. The number of hydrogen-bond acceptors (Lipinski definition) is 9. The van der Waals surface area contributed by atoms with E-state index in [9.17, 15) is 38.4 Å². The van der Waals surface area contributed by atoms with Crippen LogP contribution < -0.4 is 0 Å². The normalized spacial score (nSPS) is 11.1. The molecule has 0 saturated heterocycles. The fraction of sp³-hybridized carbons (Fsp3) is 0.467. The van der Waals surface area contributed by atoms with E-state index in [4.69, 9.17) is 40.9 Å². The van der Waals surface area contributed by atoms with E-state index in [-0.39, 0.29) is 12.8 Å². The number of ketones is 1. The van der Waals surface area contributed by atoms with Gasteiger partial charge in [0, 0.05) is 6.42 Å². The first-order valence-electron chi connectivity index (χ1n) is 7.79. The van der Waals surface area contributed by atoms with Crippen molar-refractivity contribution in [3.8, 4) is 0 Å². The van der Waals surface area contributed by atoms with Gasteiger partial charge in [-0.1, -0.05) is 0 Å². The van der Waals surface area contributed by atoms with E-state index < -0.39 is 78.9 Å². The second-order valence-corrected chi connectivity index (χ2v) is 5.24. The van der Waals surface area contributed by atoms with Gasteiger partial charge in [-0.3, -0.25) is 28.8 Å². The highest BCUT2D eigenvalue weighted by molar-refractivity contribution is 6.32. The molecule has 0 radical (unpaired) electrons. The molecule has 16 nitrogen and oxygen atoms in total. The molecule has 0 aliphatic carbocycles. The van der Waals surface area contributed by atoms with Crippen LogP contribution >= 0.6 is 0 Å². The predicted molar refractivity (Wildman–Crippen MR) is 91.0 cm³/mol. The van der Waals surface area contributed by atoms with Gasteiger partial charge in [0.15, 0.2) is 6.10 Å². The van der Waals surface area contributed by atoms with E-state index in [2.05, 4.69) is 0 Å². The number of carboxylic acid groups (broad SMARTS) is 7. The Balaban J connectivity index is -0.000000392. The van der Waals surface area contributed by atoms with Gasteiger partial charge in [-0.05, 0) is 0 Å². The minimum absolute atomic E-state index is 0.296. The Hall–Kier alpha value is -4.08. The Labute approximate surface area is 172 Å². The third-order valence-electron chi connectivity index (χ3n) is 2.70. The zero-order valence-electron chi connectivity index (χ0n) is 15.5. The van der Waals surface area contributed by atoms with Gasteiger partial charge < -0.3 is 40.9 Å². The fourth-order valence-corrected chi connectivity index (χ4v) is 1.24. The van der Waals surface area contributed by atoms with Gasteiger partial charge in [0.1, 0.15) is 5.92 Å². The van der Waals surface area contributed by atoms with Crippen LogP contribution in [0.1, 0.15) is 32.1 Å². The molecule has 0 amide bonds. The van der Waals surface area contributed by atoms with E-state index >= 15 is 0 Å². The van der Waals surface area contributed by atoms with E-state index in [1.165, 1.54) is 0 Å². The van der Waals surface area contributed by atoms with Crippen LogP contribution in [-0.4, -0.2) is 94.5 Å². The summed E-state index contributed by atoms with van der Waals surface area (Å²) in [7, 11) is 0. The van der Waals surface area contributed by atoms with E-state index in [1.54, 1.807) is 0 Å². The number of aliphatic hydroxyl groups excluding tert-OH is 1. The van der Waals surface area contributed by atoms with Gasteiger partial charge in [0.05, 0.1) is 25.7 Å². The number of rotatable bonds is 12. The highest BCUT2D eigenvalue weighted by atomic mass is 16.4. The van der Waals surface area contributed by atoms with Gasteiger partial charge in [0.25, 0.3) is 0 Å². The molecule has 0 heterocycles. The Bertz CT molecular complexity index is 679. The summed E-state index contributed by atoms with van der Waals surface area (Å²) in [5, 5.41) is 65.3. The van der Waals surface area contributed by atoms with Crippen molar-refractivity contribution in [2.45, 2.75) is 38.2 Å². The average Bonchev–Trinajstić information content (AvgIpc) is 2.62. The monoisotopic (exact) mass is 456 g/mol. The van der Waals surface area contributed by atoms with Gasteiger partial charge in [-0.2, -0.15) is 0 Å². The number of aliphatic carboxylic acids is 7. The summed E-state index contributed by atoms with van der Waals surface area (Å²) in [5.41, 5.74) is 0. The maximum absolute atomic E-state index is 10.3. The van der Waals surface area contributed by atoms with Crippen molar-refractivity contribution >= 4 is 47.6 Å². The van der Waals surface area contributed by atoms with Crippen LogP contribution in [-0.2, 0) is 38.4 Å². The smallest absolute Gasteiger partial charge is 0.372 e. The van der Waals surface area contributed by atoms with Gasteiger partial charge in [0.2, 0.25) is 5.78 Å². The third kappa shape index (κ3) is 22.1. The number of hydrogen-bond donors (Lipinski definition) is 8. The first-order valence-corrected chi connectivity index (χ1v) is 7.79. The SMILES string of the molecule is O=C(O)CC(C(=O)O)C(O)C(=O)O.O=C(O)CCC(=O)C(=O)O.O=C(O)CCC(=O)O. The minimum Gasteiger partial charge on any atom is -0.481 e. The molecular formula is C15H20O16. The second kappa shape index (κ2) is 16.8. The molecule has 0 aromatic heterocycles. The van der Waals surface area contributed by atoms with Crippen molar-refractivity contribution in [3.63, 3.8) is 0 Å². The summed E-state index contributed by atoms with van der Waals surface area (Å²) in [5.74, 6) is -12.7. The molecule has 2 atom stereocenters. The fourth-order valence-electron chi connectivity index (χ4n) is 1.24. The summed E-state index contributed by atoms with van der Waals surface area (Å²) in [4.78, 5) is 79.5. The molecule has 0 spiro atoms. The molecule has 16 heteroatoms. The van der Waals surface area contributed by atoms with Crippen LogP contribution in [0.2, 0.25) is 0 Å². The van der Waals surface area contributed by atoms with Crippen LogP contribution in [0.3, 0.4) is 0 Å². The van der Waals surface area contributed by atoms with Crippen molar-refractivity contribution in [2.75, 3.05) is 0 Å². The lowest BCUT2D eigenvalue weighted by molar-refractivity contribution is -0.162. The van der Waals surface area contributed by atoms with Crippen molar-refractivity contribution in [3.05, 3.63) is 0 Å². The van der Waals surface area contributed by atoms with E-state index in [0.717, 1.165) is 0 Å². The molecule has 0 bridgehead atoms. The highest BCUT2D eigenvalue weighted by Crippen LogP contribution is 2.09. The van der Waals surface area contributed by atoms with Crippen molar-refractivity contribution in [1.82, 2.24) is 0 Å². The molecule has 8 N–H and O–H groups in total. The van der Waals surface area contributed by atoms with Crippen molar-refractivity contribution in [2.24, 2.45) is 5.92 Å². The molecule has 0 aromatic carbocycles. The predicted octanol–water partition coefficient (Wildman–Crippen LogP) is -1.95. The summed E-state index contributed by atoms with van der Waals surface area (Å²) >= 11 is 0. The second-order valence-electron chi connectivity index (χ2n) is 5.24. The summed E-state index contributed by atoms with van der Waals surface area (Å²) in [6.07, 6.45) is -4.59. The number of aliphatic hydroxyl groups is 1. The molecule has 0 aliphatic heterocycles. The Kier molecular flexibility index (Phi) is 17.2. The molecule has 31 heavy (non-hydrogen) atoms. The minimum atomic E-state index is -2.20. The number of carbonyl (C=O) groups excluding carboxylic acids is 1. The van der Waals surface area contributed by atoms with Gasteiger partial charge in [-0.25, -0.2) is 9.59 Å². The van der Waals surface area contributed by atoms with Crippen LogP contribution in [0.25, 0.3) is 0 Å². The molecule has 0 aromatic rings. The Morgan fingerprint density at radius 2 is 0.871 bits per heavy atom. The summed E-state index contributed by atoms with van der Waals surface area (Å²) in [6, 6.07) is 0. The third-order valence-corrected chi connectivity index (χ3v) is 2.70. The molecule has 2 unspecified atom stereocenters. The molecular weight excluding hydrogens is 436 g/mol. The average molecular weight is 456 g/mol. The topological polar surface area (TPSA) is 298 Å². The lowest BCUT2D eigenvalue weighted by Gasteiger charge is -2.12. The van der Waals surface area contributed by atoms with Gasteiger partial charge in [-0.15, -0.1) is 0 Å². The lowest BCUT2D eigenvalue weighted by Crippen LogP contribution is -2.36. The Morgan fingerprint density at radius 1 is 0.516 bits per heavy atom. The maximum atomic E-state index is 10.3. The molecule has 0 saturated carbocycles. The number of carboxylic acids is 7. The standard InChI is InChI=1S/C6H8O7.C5H6O5.C4H6O4/c7-3(8)1-2(5(10)11)4(9)6(12)13;6-3(5(9)10)1-2-4(7)8;5-3(6)1-2-4(7)8/h2,4,9H,1H2,(H,7,8)(H,10,11)(H,12,13);1-2H2,(H,7,8)(H,9,10);1-2H2,(H,5,6)(H,7,8). The zero-order chi connectivity index (χ0) is 25.3. The first-order chi connectivity index (χ1) is 14.0. The first kappa shape index (κ1) is 31.6. The summed E-state index contributed by atoms with van der Waals surface area (Å²) < 4.78 is 0. The quantitative estimate of drug-likeness (QED) is 0.148. The number of Topliss-reactive ketones (excluding diaryl/α,β-unsaturated/α-hetero) is 1. The highest BCUT2D eigenvalue weighted by Gasteiger charge is 2.33. The van der Waals surface area contributed by atoms with Crippen molar-refractivity contribution < 1.29 is 79.2 Å². The van der Waals surface area contributed by atoms with Crippen LogP contribution in [0.5, 0.6) is 0 Å². The van der Waals surface area contributed by atoms with E-state index in [1.807, 2.05) is 0 Å². The van der Waals surface area contributed by atoms with E-state index in [0.29, 0.717) is 0 Å². The zero-order valence-corrected chi connectivity index (χ0v) is 15.5. The molecule has 0 aliphatic rings. The largest absolute Gasteiger partial charge is 0.481 e. The van der Waals surface area contributed by atoms with Gasteiger partial charge >= 0.3 is 41.8 Å². The van der Waals surface area contributed by atoms with Crippen molar-refractivity contribution in [1.29, 1.82) is 0 Å². The van der Waals surface area contributed by atoms with Crippen LogP contribution in [0, 0.1) is 5.92 Å². The van der Waals surface area contributed by atoms with Crippen LogP contribution in [0.15, 0.2) is 0 Å². The molecule has 176 valence electrons. The van der Waals surface area contributed by atoms with Crippen LogP contribution in [0.4, 0.5) is 0 Å². The lowest BCUT2D eigenvalue weighted by atomic mass is 9.99.